The molecule has 1 N–H and O–H groups in total. The molecule has 1 aromatic carbocycles. The van der Waals surface area contributed by atoms with E-state index in [4.69, 9.17) is 16.3 Å². The summed E-state index contributed by atoms with van der Waals surface area (Å²) in [5, 5.41) is 7.74. The van der Waals surface area contributed by atoms with Crippen molar-refractivity contribution >= 4 is 45.9 Å². The Kier molecular flexibility index (Phi) is 5.50. The summed E-state index contributed by atoms with van der Waals surface area (Å²) in [6.45, 7) is 1.17. The fourth-order valence-electron chi connectivity index (χ4n) is 3.47. The number of nitrogens with one attached hydrogen (secondary N) is 1. The number of ether oxygens (including phenoxy) is 1. The van der Waals surface area contributed by atoms with Gasteiger partial charge in [-0.2, -0.15) is 0 Å². The third-order valence-corrected chi connectivity index (χ3v) is 6.82. The summed E-state index contributed by atoms with van der Waals surface area (Å²) in [6, 6.07) is 11.7. The van der Waals surface area contributed by atoms with E-state index in [0.29, 0.717) is 23.0 Å². The zero-order valence-electron chi connectivity index (χ0n) is 14.8. The molecular formula is C20H19ClN2O2S2. The Morgan fingerprint density at radius 2 is 2.19 bits per heavy atom. The predicted octanol–water partition coefficient (Wildman–Crippen LogP) is 5.06. The molecule has 4 nitrogen and oxygen atoms in total. The molecule has 7 heteroatoms. The van der Waals surface area contributed by atoms with Crippen molar-refractivity contribution in [2.24, 2.45) is 0 Å². The van der Waals surface area contributed by atoms with E-state index in [1.807, 2.05) is 0 Å². The Bertz CT molecular complexity index is 939. The summed E-state index contributed by atoms with van der Waals surface area (Å²) in [5.74, 6) is 0.525. The number of rotatable bonds is 5. The van der Waals surface area contributed by atoms with Gasteiger partial charge in [-0.1, -0.05) is 17.7 Å². The molecule has 1 aliphatic heterocycles. The average Bonchev–Trinajstić information content (AvgIpc) is 3.33. The number of benzene rings is 1. The van der Waals surface area contributed by atoms with Gasteiger partial charge in [0.1, 0.15) is 5.75 Å². The van der Waals surface area contributed by atoms with Gasteiger partial charge in [0, 0.05) is 21.3 Å². The SMILES string of the molecule is COc1ccc(Cl)cc1NC(=O)CN1CCc2sccc2[C@H]1c1cccs1. The molecule has 1 amide bonds. The maximum atomic E-state index is 12.8. The summed E-state index contributed by atoms with van der Waals surface area (Å²) in [6.07, 6.45) is 0.975. The van der Waals surface area contributed by atoms with Crippen LogP contribution in [0.2, 0.25) is 5.02 Å². The summed E-state index contributed by atoms with van der Waals surface area (Å²) in [4.78, 5) is 17.7. The zero-order valence-corrected chi connectivity index (χ0v) is 17.2. The van der Waals surface area contributed by atoms with E-state index in [-0.39, 0.29) is 11.9 Å². The van der Waals surface area contributed by atoms with Gasteiger partial charge in [-0.15, -0.1) is 22.7 Å². The molecule has 140 valence electrons. The molecule has 3 aromatic rings. The lowest BCUT2D eigenvalue weighted by molar-refractivity contribution is -0.117. The standard InChI is InChI=1S/C20H19ClN2O2S2/c1-25-16-5-4-13(21)11-15(16)22-19(24)12-23-8-6-17-14(7-10-27-17)20(23)18-3-2-9-26-18/h2-5,7,9-11,20H,6,8,12H2,1H3,(H,22,24)/t20-/m0/s1. The highest BCUT2D eigenvalue weighted by Gasteiger charge is 2.31. The zero-order chi connectivity index (χ0) is 18.8. The fraction of sp³-hybridized carbons (Fsp3) is 0.250. The number of amides is 1. The van der Waals surface area contributed by atoms with Crippen molar-refractivity contribution < 1.29 is 9.53 Å². The van der Waals surface area contributed by atoms with E-state index in [1.165, 1.54) is 15.3 Å². The van der Waals surface area contributed by atoms with Crippen molar-refractivity contribution in [3.8, 4) is 5.75 Å². The molecule has 2 aromatic heterocycles. The van der Waals surface area contributed by atoms with E-state index in [2.05, 4.69) is 39.2 Å². The molecule has 0 unspecified atom stereocenters. The summed E-state index contributed by atoms with van der Waals surface area (Å²) in [5.41, 5.74) is 1.91. The first-order valence-electron chi connectivity index (χ1n) is 8.63. The first kappa shape index (κ1) is 18.5. The molecule has 1 atom stereocenters. The lowest BCUT2D eigenvalue weighted by Gasteiger charge is -2.34. The third kappa shape index (κ3) is 3.89. The lowest BCUT2D eigenvalue weighted by atomic mass is 9.98. The molecule has 4 rings (SSSR count). The van der Waals surface area contributed by atoms with Gasteiger partial charge in [-0.25, -0.2) is 0 Å². The van der Waals surface area contributed by atoms with Crippen LogP contribution in [0.1, 0.15) is 21.4 Å². The molecule has 0 bridgehead atoms. The topological polar surface area (TPSA) is 41.6 Å². The summed E-state index contributed by atoms with van der Waals surface area (Å²) in [7, 11) is 1.58. The highest BCUT2D eigenvalue weighted by atomic mass is 35.5. The van der Waals surface area contributed by atoms with Gasteiger partial charge in [0.15, 0.2) is 0 Å². The van der Waals surface area contributed by atoms with Crippen LogP contribution in [0.25, 0.3) is 0 Å². The van der Waals surface area contributed by atoms with Gasteiger partial charge in [0.25, 0.3) is 0 Å². The number of hydrogen-bond donors (Lipinski definition) is 1. The minimum absolute atomic E-state index is 0.0733. The largest absolute Gasteiger partial charge is 0.495 e. The van der Waals surface area contributed by atoms with Crippen LogP contribution in [0.3, 0.4) is 0 Å². The van der Waals surface area contributed by atoms with Crippen molar-refractivity contribution in [1.82, 2.24) is 4.90 Å². The second kappa shape index (κ2) is 8.02. The number of hydrogen-bond acceptors (Lipinski definition) is 5. The van der Waals surface area contributed by atoms with Crippen LogP contribution in [0.4, 0.5) is 5.69 Å². The van der Waals surface area contributed by atoms with Crippen LogP contribution < -0.4 is 10.1 Å². The number of carbonyl (C=O) groups is 1. The fourth-order valence-corrected chi connectivity index (χ4v) is 5.42. The first-order valence-corrected chi connectivity index (χ1v) is 10.8. The van der Waals surface area contributed by atoms with Crippen LogP contribution in [-0.2, 0) is 11.2 Å². The quantitative estimate of drug-likeness (QED) is 0.629. The maximum Gasteiger partial charge on any atom is 0.238 e. The molecule has 0 spiro atoms. The van der Waals surface area contributed by atoms with Crippen molar-refractivity contribution in [1.29, 1.82) is 0 Å². The van der Waals surface area contributed by atoms with Crippen LogP contribution in [0.5, 0.6) is 5.75 Å². The van der Waals surface area contributed by atoms with E-state index >= 15 is 0 Å². The Morgan fingerprint density at radius 1 is 1.30 bits per heavy atom. The average molecular weight is 419 g/mol. The van der Waals surface area contributed by atoms with Gasteiger partial charge in [0.2, 0.25) is 5.91 Å². The number of thiophene rings is 2. The highest BCUT2D eigenvalue weighted by Crippen LogP contribution is 2.39. The number of methoxy groups -OCH3 is 1. The molecule has 0 fully saturated rings. The van der Waals surface area contributed by atoms with Gasteiger partial charge in [-0.05, 0) is 53.1 Å². The maximum absolute atomic E-state index is 12.8. The molecule has 0 saturated heterocycles. The Hall–Kier alpha value is -1.86. The van der Waals surface area contributed by atoms with Gasteiger partial charge in [-0.3, -0.25) is 9.69 Å². The predicted molar refractivity (Wildman–Crippen MR) is 112 cm³/mol. The van der Waals surface area contributed by atoms with Crippen LogP contribution in [0.15, 0.2) is 47.2 Å². The normalized spacial score (nSPS) is 16.7. The Morgan fingerprint density at radius 3 is 2.96 bits per heavy atom. The molecular weight excluding hydrogens is 400 g/mol. The van der Waals surface area contributed by atoms with Gasteiger partial charge in [0.05, 0.1) is 25.4 Å². The molecule has 3 heterocycles. The number of carbonyl (C=O) groups excluding carboxylic acids is 1. The van der Waals surface area contributed by atoms with Crippen molar-refractivity contribution in [2.75, 3.05) is 25.5 Å². The van der Waals surface area contributed by atoms with Crippen LogP contribution in [0, 0.1) is 0 Å². The number of nitrogens with zero attached hydrogens (tertiary/aromatic N) is 1. The minimum Gasteiger partial charge on any atom is -0.495 e. The first-order chi connectivity index (χ1) is 13.2. The number of anilines is 1. The third-order valence-electron chi connectivity index (χ3n) is 4.66. The smallest absolute Gasteiger partial charge is 0.238 e. The number of halogens is 1. The number of fused-ring (bicyclic) bond motifs is 1. The Balaban J connectivity index is 1.55. The van der Waals surface area contributed by atoms with Gasteiger partial charge < -0.3 is 10.1 Å². The van der Waals surface area contributed by atoms with Crippen LogP contribution in [-0.4, -0.2) is 31.0 Å². The summed E-state index contributed by atoms with van der Waals surface area (Å²) < 4.78 is 5.32. The summed E-state index contributed by atoms with van der Waals surface area (Å²) >= 11 is 9.60. The van der Waals surface area contributed by atoms with E-state index < -0.39 is 0 Å². The van der Waals surface area contributed by atoms with E-state index in [9.17, 15) is 4.79 Å². The van der Waals surface area contributed by atoms with Crippen LogP contribution >= 0.6 is 34.3 Å². The van der Waals surface area contributed by atoms with Gasteiger partial charge >= 0.3 is 0 Å². The minimum atomic E-state index is -0.0733. The van der Waals surface area contributed by atoms with Crippen molar-refractivity contribution in [3.05, 3.63) is 67.5 Å². The molecule has 27 heavy (non-hydrogen) atoms. The molecule has 0 radical (unpaired) electrons. The van der Waals surface area contributed by atoms with E-state index in [1.54, 1.807) is 48.0 Å². The van der Waals surface area contributed by atoms with Crippen molar-refractivity contribution in [3.63, 3.8) is 0 Å². The second-order valence-electron chi connectivity index (χ2n) is 6.33. The van der Waals surface area contributed by atoms with E-state index in [0.717, 1.165) is 13.0 Å². The Labute approximate surface area is 171 Å². The lowest BCUT2D eigenvalue weighted by Crippen LogP contribution is -2.40. The molecule has 0 saturated carbocycles. The highest BCUT2D eigenvalue weighted by molar-refractivity contribution is 7.10. The van der Waals surface area contributed by atoms with Crippen molar-refractivity contribution in [2.45, 2.75) is 12.5 Å². The molecule has 1 aliphatic rings. The monoisotopic (exact) mass is 418 g/mol. The molecule has 0 aliphatic carbocycles. The second-order valence-corrected chi connectivity index (χ2v) is 8.75.